The monoisotopic (exact) mass is 317 g/mol. The van der Waals surface area contributed by atoms with Gasteiger partial charge in [-0.1, -0.05) is 31.9 Å². The van der Waals surface area contributed by atoms with Crippen molar-refractivity contribution in [1.82, 2.24) is 16.0 Å². The summed E-state index contributed by atoms with van der Waals surface area (Å²) in [5, 5.41) is 9.02. The van der Waals surface area contributed by atoms with E-state index in [-0.39, 0.29) is 17.7 Å². The maximum atomic E-state index is 12.0. The molecule has 0 unspecified atom stereocenters. The minimum absolute atomic E-state index is 0.0653. The molecular formula is C18H27N3O2. The zero-order valence-corrected chi connectivity index (χ0v) is 13.9. The lowest BCUT2D eigenvalue weighted by atomic mass is 10.1. The van der Waals surface area contributed by atoms with Gasteiger partial charge in [0, 0.05) is 31.1 Å². The average molecular weight is 317 g/mol. The molecular weight excluding hydrogens is 290 g/mol. The Bertz CT molecular complexity index is 508. The van der Waals surface area contributed by atoms with Crippen molar-refractivity contribution in [3.8, 4) is 0 Å². The van der Waals surface area contributed by atoms with Crippen molar-refractivity contribution in [2.24, 2.45) is 5.92 Å². The molecule has 0 bridgehead atoms. The maximum absolute atomic E-state index is 12.0. The lowest BCUT2D eigenvalue weighted by Crippen LogP contribution is -2.31. The molecule has 0 aromatic heterocycles. The number of carbonyl (C=O) groups excluding carboxylic acids is 2. The van der Waals surface area contributed by atoms with Gasteiger partial charge in [-0.2, -0.15) is 0 Å². The molecule has 1 aromatic rings. The first-order valence-electron chi connectivity index (χ1n) is 8.56. The van der Waals surface area contributed by atoms with Gasteiger partial charge in [0.1, 0.15) is 0 Å². The first-order chi connectivity index (χ1) is 11.2. The molecule has 0 radical (unpaired) electrons. The van der Waals surface area contributed by atoms with Gasteiger partial charge in [0.2, 0.25) is 5.91 Å². The number of likely N-dealkylation sites (N-methyl/N-ethyl adjacent to an activating group) is 1. The molecule has 0 atom stereocenters. The van der Waals surface area contributed by atoms with E-state index >= 15 is 0 Å². The van der Waals surface area contributed by atoms with E-state index < -0.39 is 0 Å². The van der Waals surface area contributed by atoms with Gasteiger partial charge < -0.3 is 16.0 Å². The average Bonchev–Trinajstić information content (AvgIpc) is 3.11. The molecule has 2 rings (SSSR count). The zero-order chi connectivity index (χ0) is 16.5. The number of amides is 2. The second-order valence-electron chi connectivity index (χ2n) is 6.01. The number of benzene rings is 1. The van der Waals surface area contributed by atoms with Crippen LogP contribution in [0.3, 0.4) is 0 Å². The number of nitrogens with one attached hydrogen (secondary N) is 3. The van der Waals surface area contributed by atoms with Crippen LogP contribution >= 0.6 is 0 Å². The Morgan fingerprint density at radius 3 is 2.39 bits per heavy atom. The first kappa shape index (κ1) is 17.5. The predicted octanol–water partition coefficient (Wildman–Crippen LogP) is 1.83. The van der Waals surface area contributed by atoms with Crippen LogP contribution in [0, 0.1) is 5.92 Å². The summed E-state index contributed by atoms with van der Waals surface area (Å²) < 4.78 is 0. The van der Waals surface area contributed by atoms with Crippen LogP contribution in [-0.2, 0) is 11.3 Å². The highest BCUT2D eigenvalue weighted by molar-refractivity contribution is 5.94. The van der Waals surface area contributed by atoms with Crippen molar-refractivity contribution in [3.05, 3.63) is 35.4 Å². The van der Waals surface area contributed by atoms with Gasteiger partial charge in [0.05, 0.1) is 0 Å². The van der Waals surface area contributed by atoms with E-state index in [1.807, 2.05) is 19.1 Å². The standard InChI is InChI=1S/C18H27N3O2/c1-2-19-11-12-20-17(22)16-9-7-14(8-10-16)13-21-18(23)15-5-3-4-6-15/h7-10,15,19H,2-6,11-13H2,1H3,(H,20,22)(H,21,23). The van der Waals surface area contributed by atoms with Crippen LogP contribution in [0.5, 0.6) is 0 Å². The summed E-state index contributed by atoms with van der Waals surface area (Å²) in [6.07, 6.45) is 4.35. The molecule has 2 amide bonds. The van der Waals surface area contributed by atoms with E-state index in [0.717, 1.165) is 44.3 Å². The van der Waals surface area contributed by atoms with Crippen LogP contribution in [0.1, 0.15) is 48.5 Å². The van der Waals surface area contributed by atoms with E-state index in [0.29, 0.717) is 18.7 Å². The summed E-state index contributed by atoms with van der Waals surface area (Å²) in [6.45, 7) is 4.85. The van der Waals surface area contributed by atoms with E-state index in [4.69, 9.17) is 0 Å². The van der Waals surface area contributed by atoms with Crippen LogP contribution in [0.15, 0.2) is 24.3 Å². The van der Waals surface area contributed by atoms with Crippen molar-refractivity contribution in [2.45, 2.75) is 39.2 Å². The Labute approximate surface area is 138 Å². The highest BCUT2D eigenvalue weighted by Crippen LogP contribution is 2.24. The second-order valence-corrected chi connectivity index (χ2v) is 6.01. The van der Waals surface area contributed by atoms with Gasteiger partial charge in [-0.15, -0.1) is 0 Å². The highest BCUT2D eigenvalue weighted by atomic mass is 16.2. The minimum Gasteiger partial charge on any atom is -0.352 e. The normalized spacial score (nSPS) is 14.7. The largest absolute Gasteiger partial charge is 0.352 e. The fourth-order valence-electron chi connectivity index (χ4n) is 2.84. The summed E-state index contributed by atoms with van der Waals surface area (Å²) in [4.78, 5) is 23.9. The Morgan fingerprint density at radius 2 is 1.74 bits per heavy atom. The second kappa shape index (κ2) is 9.30. The molecule has 23 heavy (non-hydrogen) atoms. The van der Waals surface area contributed by atoms with Crippen LogP contribution in [-0.4, -0.2) is 31.4 Å². The molecule has 126 valence electrons. The summed E-state index contributed by atoms with van der Waals surface area (Å²) in [5.74, 6) is 0.286. The molecule has 0 saturated heterocycles. The van der Waals surface area contributed by atoms with Crippen molar-refractivity contribution in [1.29, 1.82) is 0 Å². The minimum atomic E-state index is -0.0653. The smallest absolute Gasteiger partial charge is 0.251 e. The molecule has 1 aliphatic carbocycles. The van der Waals surface area contributed by atoms with Gasteiger partial charge in [-0.25, -0.2) is 0 Å². The molecule has 1 saturated carbocycles. The van der Waals surface area contributed by atoms with Crippen molar-refractivity contribution < 1.29 is 9.59 Å². The Balaban J connectivity index is 1.75. The van der Waals surface area contributed by atoms with Crippen LogP contribution in [0.25, 0.3) is 0 Å². The summed E-state index contributed by atoms with van der Waals surface area (Å²) in [7, 11) is 0. The van der Waals surface area contributed by atoms with E-state index in [9.17, 15) is 9.59 Å². The zero-order valence-electron chi connectivity index (χ0n) is 13.9. The third kappa shape index (κ3) is 5.67. The maximum Gasteiger partial charge on any atom is 0.251 e. The third-order valence-electron chi connectivity index (χ3n) is 4.25. The molecule has 0 aliphatic heterocycles. The van der Waals surface area contributed by atoms with Crippen LogP contribution in [0.2, 0.25) is 0 Å². The van der Waals surface area contributed by atoms with Crippen molar-refractivity contribution in [2.75, 3.05) is 19.6 Å². The van der Waals surface area contributed by atoms with Gasteiger partial charge in [0.25, 0.3) is 5.91 Å². The number of hydrogen-bond donors (Lipinski definition) is 3. The summed E-state index contributed by atoms with van der Waals surface area (Å²) in [5.41, 5.74) is 1.66. The van der Waals surface area contributed by atoms with Crippen LogP contribution in [0.4, 0.5) is 0 Å². The molecule has 5 nitrogen and oxygen atoms in total. The van der Waals surface area contributed by atoms with Crippen molar-refractivity contribution >= 4 is 11.8 Å². The highest BCUT2D eigenvalue weighted by Gasteiger charge is 2.22. The molecule has 1 fully saturated rings. The molecule has 5 heteroatoms. The number of carbonyl (C=O) groups is 2. The van der Waals surface area contributed by atoms with Crippen LogP contribution < -0.4 is 16.0 Å². The Kier molecular flexibility index (Phi) is 7.07. The summed E-state index contributed by atoms with van der Waals surface area (Å²) >= 11 is 0. The Hall–Kier alpha value is -1.88. The quantitative estimate of drug-likeness (QED) is 0.641. The van der Waals surface area contributed by atoms with Gasteiger partial charge >= 0.3 is 0 Å². The van der Waals surface area contributed by atoms with E-state index in [1.165, 1.54) is 0 Å². The molecule has 3 N–H and O–H groups in total. The van der Waals surface area contributed by atoms with E-state index in [2.05, 4.69) is 16.0 Å². The Morgan fingerprint density at radius 1 is 1.04 bits per heavy atom. The fourth-order valence-corrected chi connectivity index (χ4v) is 2.84. The third-order valence-corrected chi connectivity index (χ3v) is 4.25. The van der Waals surface area contributed by atoms with Crippen molar-refractivity contribution in [3.63, 3.8) is 0 Å². The fraction of sp³-hybridized carbons (Fsp3) is 0.556. The van der Waals surface area contributed by atoms with Gasteiger partial charge in [-0.05, 0) is 37.1 Å². The topological polar surface area (TPSA) is 70.2 Å². The molecule has 1 aliphatic rings. The lowest BCUT2D eigenvalue weighted by molar-refractivity contribution is -0.124. The number of rotatable bonds is 8. The van der Waals surface area contributed by atoms with Gasteiger partial charge in [-0.3, -0.25) is 9.59 Å². The molecule has 0 spiro atoms. The first-order valence-corrected chi connectivity index (χ1v) is 8.56. The molecule has 1 aromatic carbocycles. The summed E-state index contributed by atoms with van der Waals surface area (Å²) in [6, 6.07) is 7.40. The molecule has 0 heterocycles. The predicted molar refractivity (Wildman–Crippen MR) is 91.1 cm³/mol. The van der Waals surface area contributed by atoms with Gasteiger partial charge in [0.15, 0.2) is 0 Å². The SMILES string of the molecule is CCNCCNC(=O)c1ccc(CNC(=O)C2CCCC2)cc1. The van der Waals surface area contributed by atoms with E-state index in [1.54, 1.807) is 12.1 Å². The number of hydrogen-bond acceptors (Lipinski definition) is 3. The lowest BCUT2D eigenvalue weighted by Gasteiger charge is -2.11.